The van der Waals surface area contributed by atoms with E-state index in [1.54, 1.807) is 0 Å². The minimum absolute atomic E-state index is 0.777. The van der Waals surface area contributed by atoms with Crippen molar-refractivity contribution in [1.29, 1.82) is 0 Å². The number of hydrogen-bond acceptors (Lipinski definition) is 2. The molecule has 0 bridgehead atoms. The van der Waals surface area contributed by atoms with Gasteiger partial charge in [-0.2, -0.15) is 0 Å². The van der Waals surface area contributed by atoms with E-state index < -0.39 is 8.07 Å². The number of hydrogen-bond donors (Lipinski definition) is 0. The summed E-state index contributed by atoms with van der Waals surface area (Å²) in [6, 6.07) is 47.3. The molecule has 1 aliphatic heterocycles. The number of nitrogens with zero attached hydrogens (tertiary/aromatic N) is 2. The molecule has 39 heavy (non-hydrogen) atoms. The maximum absolute atomic E-state index is 5.24. The first-order chi connectivity index (χ1) is 19.1. The molecular formula is C36H28N2Si. The minimum atomic E-state index is -1.94. The van der Waals surface area contributed by atoms with E-state index in [1.807, 2.05) is 0 Å². The van der Waals surface area contributed by atoms with Gasteiger partial charge in [0.05, 0.1) is 11.4 Å². The third kappa shape index (κ3) is 4.03. The summed E-state index contributed by atoms with van der Waals surface area (Å²) in [6.07, 6.45) is 0. The summed E-state index contributed by atoms with van der Waals surface area (Å²) < 4.78 is 0. The largest absolute Gasteiger partial charge is 0.228 e. The topological polar surface area (TPSA) is 25.8 Å². The van der Waals surface area contributed by atoms with E-state index in [2.05, 4.69) is 147 Å². The molecule has 0 N–H and O–H groups in total. The first kappa shape index (κ1) is 23.5. The van der Waals surface area contributed by atoms with Crippen molar-refractivity contribution < 1.29 is 0 Å². The molecule has 7 rings (SSSR count). The van der Waals surface area contributed by atoms with Crippen molar-refractivity contribution in [2.45, 2.75) is 13.1 Å². The first-order valence-electron chi connectivity index (χ1n) is 13.4. The molecular weight excluding hydrogens is 488 g/mol. The Bertz CT molecular complexity index is 1810. The third-order valence-corrected chi connectivity index (χ3v) is 11.4. The Hall–Kier alpha value is -4.60. The Morgan fingerprint density at radius 2 is 0.949 bits per heavy atom. The SMILES string of the molecule is C[Si]1(C)c2ccccc2-c2nc(-c3ccc(-c4cccc(-c5ccccc5)c4)cc3)nc(-c3ccccc3)c21. The molecule has 0 radical (unpaired) electrons. The molecule has 0 amide bonds. The Balaban J connectivity index is 1.33. The minimum Gasteiger partial charge on any atom is -0.228 e. The molecule has 1 aromatic heterocycles. The van der Waals surface area contributed by atoms with Crippen LogP contribution in [0, 0.1) is 0 Å². The van der Waals surface area contributed by atoms with Crippen LogP contribution < -0.4 is 10.4 Å². The molecule has 5 aromatic carbocycles. The highest BCUT2D eigenvalue weighted by Crippen LogP contribution is 2.34. The van der Waals surface area contributed by atoms with E-state index in [-0.39, 0.29) is 0 Å². The van der Waals surface area contributed by atoms with Crippen LogP contribution in [0.25, 0.3) is 56.2 Å². The number of benzene rings is 5. The van der Waals surface area contributed by atoms with Crippen molar-refractivity contribution in [2.75, 3.05) is 0 Å². The van der Waals surface area contributed by atoms with Gasteiger partial charge in [0.25, 0.3) is 0 Å². The summed E-state index contributed by atoms with van der Waals surface area (Å²) in [7, 11) is -1.94. The van der Waals surface area contributed by atoms with Crippen LogP contribution in [0.5, 0.6) is 0 Å². The molecule has 0 saturated carbocycles. The second-order valence-electron chi connectivity index (χ2n) is 10.7. The lowest BCUT2D eigenvalue weighted by atomic mass is 9.98. The quantitative estimate of drug-likeness (QED) is 0.222. The van der Waals surface area contributed by atoms with E-state index in [9.17, 15) is 0 Å². The number of fused-ring (bicyclic) bond motifs is 3. The molecule has 1 aliphatic rings. The van der Waals surface area contributed by atoms with Gasteiger partial charge in [-0.3, -0.25) is 0 Å². The lowest BCUT2D eigenvalue weighted by Crippen LogP contribution is -2.50. The molecule has 2 nitrogen and oxygen atoms in total. The zero-order chi connectivity index (χ0) is 26.4. The van der Waals surface area contributed by atoms with E-state index in [0.29, 0.717) is 0 Å². The molecule has 0 saturated heterocycles. The van der Waals surface area contributed by atoms with Crippen LogP contribution in [0.4, 0.5) is 0 Å². The molecule has 0 spiro atoms. The van der Waals surface area contributed by atoms with Gasteiger partial charge in [0.1, 0.15) is 8.07 Å². The lowest BCUT2D eigenvalue weighted by Gasteiger charge is -2.21. The van der Waals surface area contributed by atoms with Gasteiger partial charge in [-0.05, 0) is 44.3 Å². The fourth-order valence-electron chi connectivity index (χ4n) is 5.87. The molecule has 2 heterocycles. The van der Waals surface area contributed by atoms with Crippen LogP contribution in [0.15, 0.2) is 133 Å². The summed E-state index contributed by atoms with van der Waals surface area (Å²) in [5.41, 5.74) is 10.4. The second-order valence-corrected chi connectivity index (χ2v) is 15.0. The van der Waals surface area contributed by atoms with Crippen LogP contribution in [0.1, 0.15) is 0 Å². The molecule has 0 unspecified atom stereocenters. The van der Waals surface area contributed by atoms with E-state index in [4.69, 9.17) is 9.97 Å². The van der Waals surface area contributed by atoms with Crippen LogP contribution in [-0.2, 0) is 0 Å². The number of rotatable bonds is 4. The summed E-state index contributed by atoms with van der Waals surface area (Å²) in [5, 5.41) is 2.78. The highest BCUT2D eigenvalue weighted by Gasteiger charge is 2.41. The standard InChI is InChI=1S/C36H28N2Si/c1-39(2)32-19-10-9-18-31(32)34-35(39)33(27-14-7-4-8-15-27)37-36(38-34)28-22-20-26(21-23-28)30-17-11-16-29(24-30)25-12-5-3-6-13-25/h3-24H,1-2H3. The Morgan fingerprint density at radius 3 is 1.64 bits per heavy atom. The Morgan fingerprint density at radius 1 is 0.436 bits per heavy atom. The van der Waals surface area contributed by atoms with Crippen LogP contribution in [-0.4, -0.2) is 18.0 Å². The van der Waals surface area contributed by atoms with Crippen molar-refractivity contribution in [1.82, 2.24) is 9.97 Å². The molecule has 0 atom stereocenters. The van der Waals surface area contributed by atoms with Gasteiger partial charge in [-0.25, -0.2) is 9.97 Å². The monoisotopic (exact) mass is 516 g/mol. The second kappa shape index (κ2) is 9.30. The van der Waals surface area contributed by atoms with Crippen LogP contribution >= 0.6 is 0 Å². The summed E-state index contributed by atoms with van der Waals surface area (Å²) in [6.45, 7) is 4.84. The van der Waals surface area contributed by atoms with Gasteiger partial charge in [-0.15, -0.1) is 0 Å². The average molecular weight is 517 g/mol. The van der Waals surface area contributed by atoms with Gasteiger partial charge >= 0.3 is 0 Å². The summed E-state index contributed by atoms with van der Waals surface area (Å²) >= 11 is 0. The van der Waals surface area contributed by atoms with E-state index in [1.165, 1.54) is 38.2 Å². The fraction of sp³-hybridized carbons (Fsp3) is 0.0556. The highest BCUT2D eigenvalue weighted by atomic mass is 28.3. The highest BCUT2D eigenvalue weighted by molar-refractivity contribution is 7.04. The molecule has 6 aromatic rings. The zero-order valence-corrected chi connectivity index (χ0v) is 23.1. The maximum atomic E-state index is 5.24. The zero-order valence-electron chi connectivity index (χ0n) is 22.1. The maximum Gasteiger partial charge on any atom is 0.160 e. The molecule has 0 fully saturated rings. The van der Waals surface area contributed by atoms with Crippen molar-refractivity contribution in [3.63, 3.8) is 0 Å². The van der Waals surface area contributed by atoms with Gasteiger partial charge in [0.15, 0.2) is 5.82 Å². The Kier molecular flexibility index (Phi) is 5.61. The van der Waals surface area contributed by atoms with Gasteiger partial charge in [0.2, 0.25) is 0 Å². The van der Waals surface area contributed by atoms with Gasteiger partial charge < -0.3 is 0 Å². The molecule has 0 aliphatic carbocycles. The fourth-order valence-corrected chi connectivity index (χ4v) is 9.10. The lowest BCUT2D eigenvalue weighted by molar-refractivity contribution is 1.20. The van der Waals surface area contributed by atoms with Gasteiger partial charge in [-0.1, -0.05) is 140 Å². The first-order valence-corrected chi connectivity index (χ1v) is 16.4. The van der Waals surface area contributed by atoms with Crippen molar-refractivity contribution in [2.24, 2.45) is 0 Å². The smallest absolute Gasteiger partial charge is 0.160 e. The van der Waals surface area contributed by atoms with Crippen LogP contribution in [0.2, 0.25) is 13.1 Å². The van der Waals surface area contributed by atoms with E-state index in [0.717, 1.165) is 28.3 Å². The normalized spacial score (nSPS) is 13.1. The van der Waals surface area contributed by atoms with Gasteiger partial charge in [0, 0.05) is 11.1 Å². The summed E-state index contributed by atoms with van der Waals surface area (Å²) in [5.74, 6) is 0.777. The Labute approximate surface area is 230 Å². The predicted molar refractivity (Wildman–Crippen MR) is 166 cm³/mol. The predicted octanol–water partition coefficient (Wildman–Crippen LogP) is 7.95. The van der Waals surface area contributed by atoms with Crippen LogP contribution in [0.3, 0.4) is 0 Å². The number of aromatic nitrogens is 2. The van der Waals surface area contributed by atoms with E-state index >= 15 is 0 Å². The molecule has 3 heteroatoms. The molecule has 186 valence electrons. The van der Waals surface area contributed by atoms with Crippen molar-refractivity contribution >= 4 is 18.4 Å². The third-order valence-electron chi connectivity index (χ3n) is 7.88. The van der Waals surface area contributed by atoms with Crippen molar-refractivity contribution in [3.05, 3.63) is 133 Å². The van der Waals surface area contributed by atoms with Crippen molar-refractivity contribution in [3.8, 4) is 56.2 Å². The average Bonchev–Trinajstić information content (AvgIpc) is 3.24. The summed E-state index contributed by atoms with van der Waals surface area (Å²) in [4.78, 5) is 10.5.